The Morgan fingerprint density at radius 1 is 1.47 bits per heavy atom. The first-order valence-electron chi connectivity index (χ1n) is 6.01. The Morgan fingerprint density at radius 3 is 2.68 bits per heavy atom. The van der Waals surface area contributed by atoms with E-state index in [2.05, 4.69) is 15.9 Å². The molecule has 1 fully saturated rings. The Hall–Kier alpha value is -1.18. The van der Waals surface area contributed by atoms with Crippen molar-refractivity contribution in [2.45, 2.75) is 18.9 Å². The molecule has 0 unspecified atom stereocenters. The summed E-state index contributed by atoms with van der Waals surface area (Å²) in [6, 6.07) is 2.48. The summed E-state index contributed by atoms with van der Waals surface area (Å²) in [4.78, 5) is 10.3. The average Bonchev–Trinajstić information content (AvgIpc) is 2.41. The maximum atomic E-state index is 10.9. The Morgan fingerprint density at radius 2 is 2.11 bits per heavy atom. The second-order valence-corrected chi connectivity index (χ2v) is 5.51. The third kappa shape index (κ3) is 3.05. The number of nitrogens with zero attached hydrogens (tertiary/aromatic N) is 1. The quantitative estimate of drug-likeness (QED) is 0.655. The zero-order valence-corrected chi connectivity index (χ0v) is 11.8. The van der Waals surface area contributed by atoms with Gasteiger partial charge < -0.3 is 15.6 Å². The van der Waals surface area contributed by atoms with Gasteiger partial charge in [0, 0.05) is 35.4 Å². The fourth-order valence-electron chi connectivity index (χ4n) is 2.33. The van der Waals surface area contributed by atoms with Crippen LogP contribution in [0, 0.1) is 16.0 Å². The van der Waals surface area contributed by atoms with E-state index in [1.54, 1.807) is 6.07 Å². The van der Waals surface area contributed by atoms with Gasteiger partial charge in [-0.25, -0.2) is 0 Å². The van der Waals surface area contributed by atoms with E-state index < -0.39 is 11.0 Å². The summed E-state index contributed by atoms with van der Waals surface area (Å²) in [7, 11) is 0. The first-order chi connectivity index (χ1) is 9.00. The molecule has 19 heavy (non-hydrogen) atoms. The molecule has 0 bridgehead atoms. The third-order valence-electron chi connectivity index (χ3n) is 3.41. The molecule has 1 aromatic rings. The number of nitro benzene ring substituents is 1. The van der Waals surface area contributed by atoms with Crippen LogP contribution in [0.15, 0.2) is 16.6 Å². The van der Waals surface area contributed by atoms with E-state index in [0.29, 0.717) is 23.2 Å². The summed E-state index contributed by atoms with van der Waals surface area (Å²) in [5.41, 5.74) is 6.23. The lowest BCUT2D eigenvalue weighted by Crippen LogP contribution is -2.27. The van der Waals surface area contributed by atoms with Crippen molar-refractivity contribution in [2.75, 3.05) is 13.2 Å². The maximum Gasteiger partial charge on any atom is 0.312 e. The molecule has 0 saturated carbocycles. The molecule has 1 aromatic carbocycles. The van der Waals surface area contributed by atoms with Crippen molar-refractivity contribution in [3.05, 3.63) is 32.3 Å². The average molecular weight is 331 g/mol. The van der Waals surface area contributed by atoms with E-state index in [4.69, 9.17) is 10.5 Å². The number of nitro groups is 1. The molecule has 1 heterocycles. The molecule has 1 atom stereocenters. The molecular weight excluding hydrogens is 316 g/mol. The van der Waals surface area contributed by atoms with Crippen LogP contribution in [-0.4, -0.2) is 23.2 Å². The van der Waals surface area contributed by atoms with Crippen LogP contribution in [0.2, 0.25) is 0 Å². The van der Waals surface area contributed by atoms with Gasteiger partial charge in [-0.3, -0.25) is 10.1 Å². The molecular formula is C12H15BrN2O4. The zero-order chi connectivity index (χ0) is 14.0. The summed E-state index contributed by atoms with van der Waals surface area (Å²) in [5, 5.41) is 20.9. The lowest BCUT2D eigenvalue weighted by molar-refractivity contribution is -0.386. The number of phenolic OH excluding ortho intramolecular Hbond substituents is 1. The van der Waals surface area contributed by atoms with Crippen molar-refractivity contribution in [1.29, 1.82) is 0 Å². The summed E-state index contributed by atoms with van der Waals surface area (Å²) in [6.45, 7) is 1.27. The number of aromatic hydroxyl groups is 1. The number of benzene rings is 1. The minimum absolute atomic E-state index is 0.161. The summed E-state index contributed by atoms with van der Waals surface area (Å²) >= 11 is 3.21. The van der Waals surface area contributed by atoms with Gasteiger partial charge in [0.25, 0.3) is 0 Å². The lowest BCUT2D eigenvalue weighted by atomic mass is 9.87. The van der Waals surface area contributed by atoms with Crippen LogP contribution in [0.1, 0.15) is 24.4 Å². The van der Waals surface area contributed by atoms with Crippen LogP contribution in [0.3, 0.4) is 0 Å². The SMILES string of the molecule is N[C@H](c1cc(Br)cc([N+](=O)[O-])c1O)C1CCOCC1. The van der Waals surface area contributed by atoms with Crippen molar-refractivity contribution in [1.82, 2.24) is 0 Å². The van der Waals surface area contributed by atoms with Crippen molar-refractivity contribution in [3.8, 4) is 5.75 Å². The molecule has 0 amide bonds. The standard InChI is InChI=1S/C12H15BrN2O4/c13-8-5-9(12(16)10(6-8)15(17)18)11(14)7-1-3-19-4-2-7/h5-7,11,16H,1-4,14H2/t11-/m0/s1. The second kappa shape index (κ2) is 5.85. The normalized spacial score (nSPS) is 18.2. The second-order valence-electron chi connectivity index (χ2n) is 4.60. The number of phenols is 1. The predicted octanol–water partition coefficient (Wildman–Crippen LogP) is 2.49. The third-order valence-corrected chi connectivity index (χ3v) is 3.87. The number of halogens is 1. The fraction of sp³-hybridized carbons (Fsp3) is 0.500. The number of hydrogen-bond acceptors (Lipinski definition) is 5. The van der Waals surface area contributed by atoms with Gasteiger partial charge in [0.05, 0.1) is 4.92 Å². The molecule has 1 aliphatic heterocycles. The van der Waals surface area contributed by atoms with E-state index in [-0.39, 0.29) is 17.4 Å². The van der Waals surface area contributed by atoms with Crippen molar-refractivity contribution >= 4 is 21.6 Å². The Kier molecular flexibility index (Phi) is 4.38. The molecule has 0 aromatic heterocycles. The fourth-order valence-corrected chi connectivity index (χ4v) is 2.79. The molecule has 1 saturated heterocycles. The number of ether oxygens (including phenoxy) is 1. The van der Waals surface area contributed by atoms with E-state index in [0.717, 1.165) is 12.8 Å². The minimum Gasteiger partial charge on any atom is -0.502 e. The highest BCUT2D eigenvalue weighted by molar-refractivity contribution is 9.10. The summed E-state index contributed by atoms with van der Waals surface area (Å²) in [5.74, 6) is -0.180. The topological polar surface area (TPSA) is 98.6 Å². The number of rotatable bonds is 3. The monoisotopic (exact) mass is 330 g/mol. The van der Waals surface area contributed by atoms with Gasteiger partial charge in [-0.1, -0.05) is 15.9 Å². The van der Waals surface area contributed by atoms with Gasteiger partial charge in [0.15, 0.2) is 5.75 Å². The van der Waals surface area contributed by atoms with Crippen molar-refractivity contribution in [2.24, 2.45) is 11.7 Å². The van der Waals surface area contributed by atoms with Crippen LogP contribution in [-0.2, 0) is 4.74 Å². The van der Waals surface area contributed by atoms with Crippen molar-refractivity contribution < 1.29 is 14.8 Å². The number of hydrogen-bond donors (Lipinski definition) is 2. The van der Waals surface area contributed by atoms with Crippen LogP contribution in [0.4, 0.5) is 5.69 Å². The predicted molar refractivity (Wildman–Crippen MR) is 72.9 cm³/mol. The summed E-state index contributed by atoms with van der Waals surface area (Å²) < 4.78 is 5.80. The van der Waals surface area contributed by atoms with Crippen LogP contribution < -0.4 is 5.73 Å². The van der Waals surface area contributed by atoms with Gasteiger partial charge in [0.2, 0.25) is 0 Å². The minimum atomic E-state index is -0.611. The molecule has 0 aliphatic carbocycles. The van der Waals surface area contributed by atoms with Gasteiger partial charge >= 0.3 is 5.69 Å². The van der Waals surface area contributed by atoms with Gasteiger partial charge in [0.1, 0.15) is 0 Å². The first-order valence-corrected chi connectivity index (χ1v) is 6.80. The largest absolute Gasteiger partial charge is 0.502 e. The Labute approximate surface area is 118 Å². The molecule has 1 aliphatic rings. The Bertz CT molecular complexity index is 489. The highest BCUT2D eigenvalue weighted by atomic mass is 79.9. The van der Waals surface area contributed by atoms with Gasteiger partial charge in [-0.15, -0.1) is 0 Å². The molecule has 3 N–H and O–H groups in total. The highest BCUT2D eigenvalue weighted by Crippen LogP contribution is 2.39. The highest BCUT2D eigenvalue weighted by Gasteiger charge is 2.28. The van der Waals surface area contributed by atoms with Gasteiger partial charge in [-0.05, 0) is 24.8 Å². The van der Waals surface area contributed by atoms with E-state index in [1.165, 1.54) is 6.07 Å². The Balaban J connectivity index is 2.35. The molecule has 7 heteroatoms. The van der Waals surface area contributed by atoms with Gasteiger partial charge in [-0.2, -0.15) is 0 Å². The molecule has 2 rings (SSSR count). The summed E-state index contributed by atoms with van der Waals surface area (Å²) in [6.07, 6.45) is 1.59. The maximum absolute atomic E-state index is 10.9. The van der Waals surface area contributed by atoms with E-state index in [1.807, 2.05) is 0 Å². The lowest BCUT2D eigenvalue weighted by Gasteiger charge is -2.28. The first kappa shape index (κ1) is 14.2. The van der Waals surface area contributed by atoms with Crippen LogP contribution >= 0.6 is 15.9 Å². The van der Waals surface area contributed by atoms with Crippen LogP contribution in [0.5, 0.6) is 5.75 Å². The molecule has 0 radical (unpaired) electrons. The molecule has 104 valence electrons. The smallest absolute Gasteiger partial charge is 0.312 e. The molecule has 6 nitrogen and oxygen atoms in total. The van der Waals surface area contributed by atoms with Crippen molar-refractivity contribution in [3.63, 3.8) is 0 Å². The zero-order valence-electron chi connectivity index (χ0n) is 10.2. The van der Waals surface area contributed by atoms with E-state index >= 15 is 0 Å². The molecule has 0 spiro atoms. The number of nitrogens with two attached hydrogens (primary N) is 1. The van der Waals surface area contributed by atoms with E-state index in [9.17, 15) is 15.2 Å². The van der Waals surface area contributed by atoms with Crippen LogP contribution in [0.25, 0.3) is 0 Å².